The molecule has 0 fully saturated rings. The van der Waals surface area contributed by atoms with E-state index in [-0.39, 0.29) is 16.1 Å². The van der Waals surface area contributed by atoms with Crippen LogP contribution in [0.15, 0.2) is 35.9 Å². The van der Waals surface area contributed by atoms with E-state index in [1.807, 2.05) is 44.2 Å². The summed E-state index contributed by atoms with van der Waals surface area (Å²) < 4.78 is -0.260. The Bertz CT molecular complexity index is 468. The Morgan fingerprint density at radius 3 is 2.42 bits per heavy atom. The number of hydroxylamine groups is 3. The number of likely N-dealkylation sites (N-methyl/N-ethyl adjacent to an activating group) is 1. The Hall–Kier alpha value is -1.78. The molecule has 0 saturated carbocycles. The number of amides is 1. The zero-order chi connectivity index (χ0) is 14.3. The van der Waals surface area contributed by atoms with Crippen molar-refractivity contribution < 1.29 is 19.1 Å². The van der Waals surface area contributed by atoms with Crippen molar-refractivity contribution in [3.05, 3.63) is 41.5 Å². The molecule has 1 radical (unpaired) electrons. The molecule has 0 saturated heterocycles. The lowest BCUT2D eigenvalue weighted by molar-refractivity contribution is -1.03. The van der Waals surface area contributed by atoms with Crippen LogP contribution in [0.5, 0.6) is 0 Å². The van der Waals surface area contributed by atoms with Crippen LogP contribution in [0.2, 0.25) is 0 Å². The molecule has 4 nitrogen and oxygen atoms in total. The largest absolute Gasteiger partial charge is 0.381 e. The Morgan fingerprint density at radius 1 is 1.32 bits per heavy atom. The maximum absolute atomic E-state index is 12.3. The molecule has 0 aromatic heterocycles. The molecule has 0 aliphatic carbocycles. The summed E-state index contributed by atoms with van der Waals surface area (Å²) in [6.45, 7) is 4.48. The second-order valence-corrected chi connectivity index (χ2v) is 4.21. The Balaban J connectivity index is 3.06. The summed E-state index contributed by atoms with van der Waals surface area (Å²) >= 11 is 0. The second-order valence-electron chi connectivity index (χ2n) is 4.21. The third-order valence-electron chi connectivity index (χ3n) is 2.90. The van der Waals surface area contributed by atoms with E-state index < -0.39 is 0 Å². The van der Waals surface area contributed by atoms with Gasteiger partial charge in [0.2, 0.25) is 6.29 Å². The van der Waals surface area contributed by atoms with Crippen LogP contribution in [0.4, 0.5) is 0 Å². The fourth-order valence-electron chi connectivity index (χ4n) is 1.68. The SMILES string of the molecule is CCO[N+](C)(CC)C(=O)C([C]=O)=Cc1ccccc1. The molecule has 0 aliphatic heterocycles. The van der Waals surface area contributed by atoms with Crippen molar-refractivity contribution in [1.29, 1.82) is 0 Å². The fourth-order valence-corrected chi connectivity index (χ4v) is 1.68. The van der Waals surface area contributed by atoms with Crippen LogP contribution in [0.3, 0.4) is 0 Å². The lowest BCUT2D eigenvalue weighted by Gasteiger charge is -2.26. The highest BCUT2D eigenvalue weighted by molar-refractivity contribution is 6.11. The van der Waals surface area contributed by atoms with Gasteiger partial charge in [0, 0.05) is 0 Å². The summed E-state index contributed by atoms with van der Waals surface area (Å²) in [5.74, 6) is -0.386. The molecule has 101 valence electrons. The van der Waals surface area contributed by atoms with E-state index in [4.69, 9.17) is 4.84 Å². The van der Waals surface area contributed by atoms with Crippen LogP contribution >= 0.6 is 0 Å². The van der Waals surface area contributed by atoms with Crippen molar-refractivity contribution in [2.24, 2.45) is 0 Å². The number of quaternary nitrogens is 1. The average molecular weight is 261 g/mol. The first-order valence-corrected chi connectivity index (χ1v) is 6.27. The molecule has 0 heterocycles. The van der Waals surface area contributed by atoms with E-state index in [9.17, 15) is 9.59 Å². The Labute approximate surface area is 113 Å². The molecule has 0 bridgehead atoms. The van der Waals surface area contributed by atoms with Crippen molar-refractivity contribution in [2.75, 3.05) is 20.2 Å². The van der Waals surface area contributed by atoms with E-state index in [1.54, 1.807) is 13.3 Å². The first kappa shape index (κ1) is 15.3. The molecule has 0 N–H and O–H groups in total. The van der Waals surface area contributed by atoms with Crippen LogP contribution in [-0.2, 0) is 14.4 Å². The zero-order valence-corrected chi connectivity index (χ0v) is 11.6. The number of carbonyl (C=O) groups excluding carboxylic acids is 2. The molecular formula is C15H19NO3+. The average Bonchev–Trinajstić information content (AvgIpc) is 2.45. The van der Waals surface area contributed by atoms with Crippen LogP contribution in [0, 0.1) is 0 Å². The third kappa shape index (κ3) is 3.84. The number of benzene rings is 1. The van der Waals surface area contributed by atoms with Crippen molar-refractivity contribution >= 4 is 18.3 Å². The second kappa shape index (κ2) is 6.97. The van der Waals surface area contributed by atoms with Gasteiger partial charge < -0.3 is 0 Å². The maximum atomic E-state index is 12.3. The Morgan fingerprint density at radius 2 is 1.95 bits per heavy atom. The summed E-state index contributed by atoms with van der Waals surface area (Å²) in [5.41, 5.74) is 0.775. The highest BCUT2D eigenvalue weighted by Gasteiger charge is 2.35. The van der Waals surface area contributed by atoms with Crippen LogP contribution in [-0.4, -0.2) is 37.0 Å². The summed E-state index contributed by atoms with van der Waals surface area (Å²) in [5, 5.41) is 0. The van der Waals surface area contributed by atoms with Crippen LogP contribution < -0.4 is 0 Å². The van der Waals surface area contributed by atoms with E-state index in [0.717, 1.165) is 5.56 Å². The number of hydrogen-bond donors (Lipinski definition) is 0. The standard InChI is InChI=1S/C15H19NO3/c1-4-16(3,19-5-2)15(18)14(12-17)11-13-9-7-6-8-10-13/h6-11H,4-5H2,1-3H3/q+1. The summed E-state index contributed by atoms with van der Waals surface area (Å²) in [6.07, 6.45) is 3.24. The van der Waals surface area contributed by atoms with E-state index >= 15 is 0 Å². The molecule has 1 atom stereocenters. The maximum Gasteiger partial charge on any atom is 0.381 e. The number of nitrogens with zero attached hydrogens (tertiary/aromatic N) is 1. The smallest absolute Gasteiger partial charge is 0.284 e. The van der Waals surface area contributed by atoms with Gasteiger partial charge in [-0.2, -0.15) is 4.84 Å². The minimum atomic E-state index is -0.386. The van der Waals surface area contributed by atoms with Gasteiger partial charge in [-0.15, -0.1) is 4.65 Å². The first-order chi connectivity index (χ1) is 9.07. The number of carbonyl (C=O) groups is 1. The third-order valence-corrected chi connectivity index (χ3v) is 2.90. The molecule has 1 aromatic carbocycles. The molecule has 1 rings (SSSR count). The van der Waals surface area contributed by atoms with E-state index in [2.05, 4.69) is 0 Å². The van der Waals surface area contributed by atoms with Gasteiger partial charge in [0.05, 0.1) is 0 Å². The lowest BCUT2D eigenvalue weighted by Crippen LogP contribution is -2.49. The van der Waals surface area contributed by atoms with Gasteiger partial charge in [0.1, 0.15) is 25.8 Å². The number of hydrogen-bond acceptors (Lipinski definition) is 3. The molecule has 1 unspecified atom stereocenters. The predicted molar refractivity (Wildman–Crippen MR) is 73.5 cm³/mol. The highest BCUT2D eigenvalue weighted by atomic mass is 16.7. The monoisotopic (exact) mass is 261 g/mol. The summed E-state index contributed by atoms with van der Waals surface area (Å²) in [7, 11) is 1.64. The van der Waals surface area contributed by atoms with Gasteiger partial charge >= 0.3 is 5.91 Å². The van der Waals surface area contributed by atoms with Gasteiger partial charge in [0.25, 0.3) is 0 Å². The summed E-state index contributed by atoms with van der Waals surface area (Å²) in [6, 6.07) is 9.20. The van der Waals surface area contributed by atoms with Gasteiger partial charge in [-0.05, 0) is 25.5 Å². The first-order valence-electron chi connectivity index (χ1n) is 6.27. The van der Waals surface area contributed by atoms with Gasteiger partial charge in [0.15, 0.2) is 0 Å². The van der Waals surface area contributed by atoms with Gasteiger partial charge in [-0.3, -0.25) is 4.79 Å². The van der Waals surface area contributed by atoms with Crippen LogP contribution in [0.25, 0.3) is 6.08 Å². The summed E-state index contributed by atoms with van der Waals surface area (Å²) in [4.78, 5) is 28.8. The van der Waals surface area contributed by atoms with Crippen molar-refractivity contribution in [3.63, 3.8) is 0 Å². The van der Waals surface area contributed by atoms with Crippen molar-refractivity contribution in [2.45, 2.75) is 13.8 Å². The van der Waals surface area contributed by atoms with Crippen molar-refractivity contribution in [1.82, 2.24) is 0 Å². The van der Waals surface area contributed by atoms with E-state index in [1.165, 1.54) is 6.08 Å². The van der Waals surface area contributed by atoms with Gasteiger partial charge in [-0.1, -0.05) is 30.3 Å². The Kier molecular flexibility index (Phi) is 5.60. The zero-order valence-electron chi connectivity index (χ0n) is 11.6. The topological polar surface area (TPSA) is 43.4 Å². The fraction of sp³-hybridized carbons (Fsp3) is 0.333. The molecule has 1 amide bonds. The van der Waals surface area contributed by atoms with E-state index in [0.29, 0.717) is 13.2 Å². The normalized spacial score (nSPS) is 14.8. The number of rotatable bonds is 6. The minimum absolute atomic E-state index is 0.0102. The molecule has 1 aromatic rings. The quantitative estimate of drug-likeness (QED) is 0.259. The van der Waals surface area contributed by atoms with Gasteiger partial charge in [-0.25, -0.2) is 4.79 Å². The molecule has 4 heteroatoms. The predicted octanol–water partition coefficient (Wildman–Crippen LogP) is 2.12. The van der Waals surface area contributed by atoms with Crippen molar-refractivity contribution in [3.8, 4) is 0 Å². The van der Waals surface area contributed by atoms with Crippen LogP contribution in [0.1, 0.15) is 19.4 Å². The molecular weight excluding hydrogens is 242 g/mol. The molecule has 19 heavy (non-hydrogen) atoms. The lowest BCUT2D eigenvalue weighted by atomic mass is 10.1. The molecule has 0 spiro atoms. The minimum Gasteiger partial charge on any atom is -0.284 e. The molecule has 0 aliphatic rings. The highest BCUT2D eigenvalue weighted by Crippen LogP contribution is 2.13.